The van der Waals surface area contributed by atoms with Gasteiger partial charge in [0.05, 0.1) is 17.4 Å². The van der Waals surface area contributed by atoms with Gasteiger partial charge in [-0.2, -0.15) is 0 Å². The van der Waals surface area contributed by atoms with Crippen molar-refractivity contribution in [3.05, 3.63) is 65.7 Å². The van der Waals surface area contributed by atoms with Crippen LogP contribution in [0.1, 0.15) is 69.0 Å². The summed E-state index contributed by atoms with van der Waals surface area (Å²) in [6.07, 6.45) is 8.48. The molecule has 1 atom stereocenters. The first-order chi connectivity index (χ1) is 18.7. The summed E-state index contributed by atoms with van der Waals surface area (Å²) in [6.45, 7) is 5.44. The van der Waals surface area contributed by atoms with Crippen molar-refractivity contribution in [1.82, 2.24) is 15.1 Å². The summed E-state index contributed by atoms with van der Waals surface area (Å²) in [7, 11) is -3.25. The third kappa shape index (κ3) is 8.15. The quantitative estimate of drug-likeness (QED) is 0.446. The van der Waals surface area contributed by atoms with Crippen LogP contribution in [0.2, 0.25) is 0 Å². The second kappa shape index (κ2) is 13.6. The van der Waals surface area contributed by atoms with Crippen molar-refractivity contribution in [2.45, 2.75) is 75.3 Å². The van der Waals surface area contributed by atoms with Crippen LogP contribution >= 0.6 is 0 Å². The maximum Gasteiger partial charge on any atom is 0.227 e. The normalized spacial score (nSPS) is 18.1. The molecule has 1 aliphatic carbocycles. The summed E-state index contributed by atoms with van der Waals surface area (Å²) in [4.78, 5) is 30.7. The lowest BCUT2D eigenvalue weighted by Crippen LogP contribution is -2.48. The van der Waals surface area contributed by atoms with E-state index in [2.05, 4.69) is 22.3 Å². The van der Waals surface area contributed by atoms with Gasteiger partial charge in [0.15, 0.2) is 9.84 Å². The van der Waals surface area contributed by atoms with Crippen molar-refractivity contribution in [3.63, 3.8) is 0 Å². The third-order valence-corrected chi connectivity index (χ3v) is 9.47. The van der Waals surface area contributed by atoms with Gasteiger partial charge in [0.2, 0.25) is 11.8 Å². The van der Waals surface area contributed by atoms with Gasteiger partial charge in [-0.1, -0.05) is 55.3 Å². The van der Waals surface area contributed by atoms with E-state index < -0.39 is 9.84 Å². The summed E-state index contributed by atoms with van der Waals surface area (Å²) >= 11 is 0. The zero-order valence-electron chi connectivity index (χ0n) is 23.3. The second-order valence-corrected chi connectivity index (χ2v) is 13.1. The minimum Gasteiger partial charge on any atom is -0.349 e. The van der Waals surface area contributed by atoms with Crippen molar-refractivity contribution in [2.24, 2.45) is 5.92 Å². The SMILES string of the molecule is CCN(C(=O)Cc1ccc(S(C)(=O)=O)cc1)C1CCN(CCC(NC(=O)C2CCCC2)c2ccccc2)CC1. The van der Waals surface area contributed by atoms with E-state index in [-0.39, 0.29) is 41.1 Å². The monoisotopic (exact) mass is 553 g/mol. The van der Waals surface area contributed by atoms with Gasteiger partial charge in [-0.25, -0.2) is 8.42 Å². The zero-order valence-corrected chi connectivity index (χ0v) is 24.2. The van der Waals surface area contributed by atoms with Crippen molar-refractivity contribution in [3.8, 4) is 0 Å². The van der Waals surface area contributed by atoms with Crippen LogP contribution in [-0.2, 0) is 25.8 Å². The van der Waals surface area contributed by atoms with Crippen LogP contribution < -0.4 is 5.32 Å². The number of sulfone groups is 1. The number of nitrogens with zero attached hydrogens (tertiary/aromatic N) is 2. The highest BCUT2D eigenvalue weighted by Crippen LogP contribution is 2.27. The largest absolute Gasteiger partial charge is 0.349 e. The number of likely N-dealkylation sites (N-methyl/N-ethyl adjacent to an activating group) is 1. The maximum absolute atomic E-state index is 13.1. The number of rotatable bonds is 11. The van der Waals surface area contributed by atoms with Gasteiger partial charge < -0.3 is 15.1 Å². The lowest BCUT2D eigenvalue weighted by atomic mass is 9.99. The average molecular weight is 554 g/mol. The predicted octanol–water partition coefficient (Wildman–Crippen LogP) is 4.38. The van der Waals surface area contributed by atoms with E-state index in [1.165, 1.54) is 6.26 Å². The average Bonchev–Trinajstić information content (AvgIpc) is 3.48. The fraction of sp³-hybridized carbons (Fsp3) is 0.548. The van der Waals surface area contributed by atoms with Crippen molar-refractivity contribution >= 4 is 21.7 Å². The number of nitrogens with one attached hydrogen (secondary N) is 1. The third-order valence-electron chi connectivity index (χ3n) is 8.34. The minimum absolute atomic E-state index is 0.0137. The number of likely N-dealkylation sites (tertiary alicyclic amines) is 1. The zero-order chi connectivity index (χ0) is 27.8. The van der Waals surface area contributed by atoms with E-state index >= 15 is 0 Å². The fourth-order valence-electron chi connectivity index (χ4n) is 6.02. The van der Waals surface area contributed by atoms with Gasteiger partial charge in [0.1, 0.15) is 0 Å². The van der Waals surface area contributed by atoms with Crippen LogP contribution in [0.3, 0.4) is 0 Å². The van der Waals surface area contributed by atoms with Crippen LogP contribution in [0.25, 0.3) is 0 Å². The Hall–Kier alpha value is -2.71. The van der Waals surface area contributed by atoms with Gasteiger partial charge >= 0.3 is 0 Å². The van der Waals surface area contributed by atoms with Crippen molar-refractivity contribution in [2.75, 3.05) is 32.4 Å². The highest BCUT2D eigenvalue weighted by atomic mass is 32.2. The van der Waals surface area contributed by atoms with Crippen molar-refractivity contribution < 1.29 is 18.0 Å². The van der Waals surface area contributed by atoms with Gasteiger partial charge in [0.25, 0.3) is 0 Å². The standard InChI is InChI=1S/C31H43N3O4S/c1-3-34(30(35)23-24-13-15-28(16-14-24)39(2,37)38)27-17-20-33(21-18-27)22-19-29(25-9-5-4-6-10-25)32-31(36)26-11-7-8-12-26/h4-6,9-10,13-16,26-27,29H,3,7-8,11-12,17-23H2,1-2H3,(H,32,36). The molecule has 1 saturated heterocycles. The Morgan fingerprint density at radius 1 is 0.974 bits per heavy atom. The molecule has 7 nitrogen and oxygen atoms in total. The molecule has 212 valence electrons. The number of piperidine rings is 1. The maximum atomic E-state index is 13.1. The van der Waals surface area contributed by atoms with Crippen LogP contribution in [0.5, 0.6) is 0 Å². The molecular formula is C31H43N3O4S. The van der Waals surface area contributed by atoms with E-state index in [0.29, 0.717) is 6.54 Å². The molecule has 2 aromatic carbocycles. The number of carbonyl (C=O) groups excluding carboxylic acids is 2. The second-order valence-electron chi connectivity index (χ2n) is 11.1. The van der Waals surface area contributed by atoms with Gasteiger partial charge in [-0.05, 0) is 62.3 Å². The Labute approximate surface area is 233 Å². The van der Waals surface area contributed by atoms with Gasteiger partial charge in [-0.3, -0.25) is 9.59 Å². The number of carbonyl (C=O) groups is 2. The summed E-state index contributed by atoms with van der Waals surface area (Å²) < 4.78 is 23.4. The molecule has 1 unspecified atom stereocenters. The molecule has 39 heavy (non-hydrogen) atoms. The number of benzene rings is 2. The molecule has 2 aromatic rings. The molecule has 1 heterocycles. The van der Waals surface area contributed by atoms with Gasteiger partial charge in [-0.15, -0.1) is 0 Å². The molecule has 0 spiro atoms. The molecule has 1 N–H and O–H groups in total. The Morgan fingerprint density at radius 3 is 2.21 bits per heavy atom. The Morgan fingerprint density at radius 2 is 1.62 bits per heavy atom. The molecular weight excluding hydrogens is 510 g/mol. The fourth-order valence-corrected chi connectivity index (χ4v) is 6.65. The highest BCUT2D eigenvalue weighted by Gasteiger charge is 2.29. The first-order valence-electron chi connectivity index (χ1n) is 14.4. The summed E-state index contributed by atoms with van der Waals surface area (Å²) in [5.41, 5.74) is 1.99. The molecule has 8 heteroatoms. The molecule has 1 saturated carbocycles. The molecule has 0 radical (unpaired) electrons. The molecule has 0 aromatic heterocycles. The van der Waals surface area contributed by atoms with E-state index in [9.17, 15) is 18.0 Å². The first-order valence-corrected chi connectivity index (χ1v) is 16.3. The van der Waals surface area contributed by atoms with E-state index in [0.717, 1.165) is 75.7 Å². The van der Waals surface area contributed by atoms with E-state index in [1.54, 1.807) is 24.3 Å². The molecule has 2 aliphatic rings. The highest BCUT2D eigenvalue weighted by molar-refractivity contribution is 7.90. The lowest BCUT2D eigenvalue weighted by molar-refractivity contribution is -0.133. The Balaban J connectivity index is 1.28. The molecule has 0 bridgehead atoms. The topological polar surface area (TPSA) is 86.8 Å². The summed E-state index contributed by atoms with van der Waals surface area (Å²) in [5.74, 6) is 0.437. The van der Waals surface area contributed by atoms with Crippen molar-refractivity contribution in [1.29, 1.82) is 0 Å². The Kier molecular flexibility index (Phi) is 10.2. The van der Waals surface area contributed by atoms with E-state index in [4.69, 9.17) is 0 Å². The van der Waals surface area contributed by atoms with Crippen LogP contribution in [0, 0.1) is 5.92 Å². The molecule has 2 fully saturated rings. The summed E-state index contributed by atoms with van der Waals surface area (Å²) in [6, 6.07) is 17.1. The number of hydrogen-bond donors (Lipinski definition) is 1. The lowest BCUT2D eigenvalue weighted by Gasteiger charge is -2.38. The molecule has 2 amide bonds. The number of amides is 2. The predicted molar refractivity (Wildman–Crippen MR) is 154 cm³/mol. The number of hydrogen-bond acceptors (Lipinski definition) is 5. The molecule has 1 aliphatic heterocycles. The van der Waals surface area contributed by atoms with Crippen LogP contribution in [0.15, 0.2) is 59.5 Å². The van der Waals surface area contributed by atoms with Crippen LogP contribution in [0.4, 0.5) is 0 Å². The van der Waals surface area contributed by atoms with Crippen LogP contribution in [-0.4, -0.2) is 68.5 Å². The minimum atomic E-state index is -3.25. The van der Waals surface area contributed by atoms with E-state index in [1.807, 2.05) is 30.0 Å². The van der Waals surface area contributed by atoms with Gasteiger partial charge in [0, 0.05) is 44.4 Å². The summed E-state index contributed by atoms with van der Waals surface area (Å²) in [5, 5.41) is 3.35. The smallest absolute Gasteiger partial charge is 0.227 e. The molecule has 4 rings (SSSR count). The first kappa shape index (κ1) is 29.3. The Bertz CT molecular complexity index is 1190.